The van der Waals surface area contributed by atoms with E-state index in [2.05, 4.69) is 9.62 Å². The average Bonchev–Trinajstić information content (AvgIpc) is 2.89. The third kappa shape index (κ3) is 6.60. The van der Waals surface area contributed by atoms with Crippen LogP contribution in [0.5, 0.6) is 11.5 Å². The molecule has 0 aromatic heterocycles. The largest absolute Gasteiger partial charge is 0.497 e. The van der Waals surface area contributed by atoms with Gasteiger partial charge in [0.05, 0.1) is 17.0 Å². The van der Waals surface area contributed by atoms with Crippen molar-refractivity contribution in [3.63, 3.8) is 0 Å². The zero-order chi connectivity index (χ0) is 26.6. The van der Waals surface area contributed by atoms with Crippen molar-refractivity contribution in [3.8, 4) is 11.5 Å². The molecule has 1 amide bonds. The van der Waals surface area contributed by atoms with Crippen LogP contribution in [0.4, 0.5) is 11.4 Å². The van der Waals surface area contributed by atoms with Crippen LogP contribution in [-0.2, 0) is 14.8 Å². The van der Waals surface area contributed by atoms with Gasteiger partial charge in [0.2, 0.25) is 0 Å². The zero-order valence-electron chi connectivity index (χ0n) is 20.4. The fourth-order valence-corrected chi connectivity index (χ4v) is 5.54. The fraction of sp³-hybridized carbons (Fsp3) is 0.269. The first-order valence-electron chi connectivity index (χ1n) is 11.5. The van der Waals surface area contributed by atoms with Gasteiger partial charge in [0.1, 0.15) is 11.5 Å². The number of rotatable bonds is 8. The molecule has 1 saturated heterocycles. The molecule has 11 heteroatoms. The third-order valence-corrected chi connectivity index (χ3v) is 7.96. The number of carbonyl (C=O) groups is 1. The normalized spacial score (nSPS) is 13.8. The van der Waals surface area contributed by atoms with Gasteiger partial charge in [-0.15, -0.1) is 0 Å². The standard InChI is InChI=1S/C26H27Cl2N3O5S/c1-18-3-4-19(27)15-24(18)30-11-13-31(14-12-30)26(32)17-36-25-10-9-22(16-23(25)28)37(33,34)29-20-5-7-21(35-2)8-6-20/h3-10,15-16,29H,11-14,17H2,1-2H3. The molecule has 196 valence electrons. The number of methoxy groups -OCH3 is 1. The van der Waals surface area contributed by atoms with Crippen LogP contribution in [-0.4, -0.2) is 59.1 Å². The van der Waals surface area contributed by atoms with Crippen molar-refractivity contribution < 1.29 is 22.7 Å². The highest BCUT2D eigenvalue weighted by atomic mass is 35.5. The van der Waals surface area contributed by atoms with Gasteiger partial charge in [-0.25, -0.2) is 8.42 Å². The van der Waals surface area contributed by atoms with E-state index in [-0.39, 0.29) is 28.2 Å². The Morgan fingerprint density at radius 1 is 0.973 bits per heavy atom. The van der Waals surface area contributed by atoms with Crippen LogP contribution in [0.15, 0.2) is 65.6 Å². The average molecular weight is 564 g/mol. The number of piperazine rings is 1. The number of benzene rings is 3. The molecule has 8 nitrogen and oxygen atoms in total. The highest BCUT2D eigenvalue weighted by Crippen LogP contribution is 2.29. The molecule has 0 radical (unpaired) electrons. The first kappa shape index (κ1) is 26.9. The van der Waals surface area contributed by atoms with Crippen LogP contribution >= 0.6 is 23.2 Å². The minimum atomic E-state index is -3.87. The number of hydrogen-bond acceptors (Lipinski definition) is 6. The number of aryl methyl sites for hydroxylation is 1. The minimum absolute atomic E-state index is 0.0283. The van der Waals surface area contributed by atoms with Gasteiger partial charge >= 0.3 is 0 Å². The van der Waals surface area contributed by atoms with Gasteiger partial charge in [0.15, 0.2) is 6.61 Å². The lowest BCUT2D eigenvalue weighted by Gasteiger charge is -2.36. The summed E-state index contributed by atoms with van der Waals surface area (Å²) in [6.45, 7) is 4.30. The van der Waals surface area contributed by atoms with Crippen molar-refractivity contribution >= 4 is 50.5 Å². The van der Waals surface area contributed by atoms with Crippen LogP contribution in [0.1, 0.15) is 5.56 Å². The molecule has 4 rings (SSSR count). The van der Waals surface area contributed by atoms with Gasteiger partial charge < -0.3 is 19.3 Å². The smallest absolute Gasteiger partial charge is 0.261 e. The van der Waals surface area contributed by atoms with E-state index >= 15 is 0 Å². The first-order valence-corrected chi connectivity index (χ1v) is 13.8. The number of hydrogen-bond donors (Lipinski definition) is 1. The van der Waals surface area contributed by atoms with Crippen molar-refractivity contribution in [2.24, 2.45) is 0 Å². The Kier molecular flexibility index (Phi) is 8.36. The van der Waals surface area contributed by atoms with Crippen molar-refractivity contribution in [3.05, 3.63) is 76.3 Å². The summed E-state index contributed by atoms with van der Waals surface area (Å²) in [4.78, 5) is 16.6. The summed E-state index contributed by atoms with van der Waals surface area (Å²) >= 11 is 12.4. The second kappa shape index (κ2) is 11.5. The maximum Gasteiger partial charge on any atom is 0.261 e. The molecule has 0 saturated carbocycles. The summed E-state index contributed by atoms with van der Waals surface area (Å²) in [6.07, 6.45) is 0. The number of halogens is 2. The van der Waals surface area contributed by atoms with Gasteiger partial charge in [-0.2, -0.15) is 0 Å². The summed E-state index contributed by atoms with van der Waals surface area (Å²) < 4.78 is 38.7. The molecular weight excluding hydrogens is 537 g/mol. The van der Waals surface area contributed by atoms with Gasteiger partial charge in [0, 0.05) is 42.6 Å². The molecular formula is C26H27Cl2N3O5S. The Labute approximate surface area is 226 Å². The Hall–Kier alpha value is -3.14. The van der Waals surface area contributed by atoms with E-state index in [9.17, 15) is 13.2 Å². The van der Waals surface area contributed by atoms with Crippen LogP contribution in [0.2, 0.25) is 10.0 Å². The van der Waals surface area contributed by atoms with Gasteiger partial charge in [0.25, 0.3) is 15.9 Å². The van der Waals surface area contributed by atoms with E-state index in [4.69, 9.17) is 32.7 Å². The van der Waals surface area contributed by atoms with E-state index in [0.717, 1.165) is 11.3 Å². The molecule has 0 spiro atoms. The summed E-state index contributed by atoms with van der Waals surface area (Å²) in [5.41, 5.74) is 2.58. The molecule has 0 aliphatic carbocycles. The van der Waals surface area contributed by atoms with Gasteiger partial charge in [-0.05, 0) is 67.1 Å². The van der Waals surface area contributed by atoms with Crippen molar-refractivity contribution in [2.75, 3.05) is 49.5 Å². The summed E-state index contributed by atoms with van der Waals surface area (Å²) in [5.74, 6) is 0.670. The quantitative estimate of drug-likeness (QED) is 0.422. The molecule has 3 aromatic rings. The van der Waals surface area contributed by atoms with Crippen LogP contribution < -0.4 is 19.1 Å². The Morgan fingerprint density at radius 3 is 2.32 bits per heavy atom. The number of ether oxygens (including phenoxy) is 2. The number of amides is 1. The molecule has 1 aliphatic rings. The lowest BCUT2D eigenvalue weighted by atomic mass is 10.1. The Morgan fingerprint density at radius 2 is 1.68 bits per heavy atom. The molecule has 3 aromatic carbocycles. The minimum Gasteiger partial charge on any atom is -0.497 e. The predicted molar refractivity (Wildman–Crippen MR) is 146 cm³/mol. The summed E-state index contributed by atoms with van der Waals surface area (Å²) in [7, 11) is -2.34. The molecule has 1 fully saturated rings. The molecule has 37 heavy (non-hydrogen) atoms. The first-order chi connectivity index (χ1) is 17.7. The Balaban J connectivity index is 1.32. The predicted octanol–water partition coefficient (Wildman–Crippen LogP) is 4.84. The van der Waals surface area contributed by atoms with E-state index in [1.54, 1.807) is 29.2 Å². The van der Waals surface area contributed by atoms with Crippen LogP contribution in [0.3, 0.4) is 0 Å². The highest BCUT2D eigenvalue weighted by molar-refractivity contribution is 7.92. The molecule has 0 bridgehead atoms. The maximum atomic E-state index is 12.7. The molecule has 0 unspecified atom stereocenters. The second-order valence-corrected chi connectivity index (χ2v) is 11.0. The van der Waals surface area contributed by atoms with E-state index in [1.807, 2.05) is 25.1 Å². The molecule has 1 aliphatic heterocycles. The van der Waals surface area contributed by atoms with Crippen molar-refractivity contribution in [1.82, 2.24) is 4.90 Å². The Bertz CT molecular complexity index is 1380. The van der Waals surface area contributed by atoms with E-state index in [1.165, 1.54) is 25.3 Å². The number of carbonyl (C=O) groups excluding carboxylic acids is 1. The summed E-state index contributed by atoms with van der Waals surface area (Å²) in [5, 5.41) is 0.770. The van der Waals surface area contributed by atoms with Crippen LogP contribution in [0, 0.1) is 6.92 Å². The molecule has 1 N–H and O–H groups in total. The highest BCUT2D eigenvalue weighted by Gasteiger charge is 2.23. The SMILES string of the molecule is COc1ccc(NS(=O)(=O)c2ccc(OCC(=O)N3CCN(c4cc(Cl)ccc4C)CC3)c(Cl)c2)cc1. The second-order valence-electron chi connectivity index (χ2n) is 8.51. The van der Waals surface area contributed by atoms with Crippen molar-refractivity contribution in [2.45, 2.75) is 11.8 Å². The monoisotopic (exact) mass is 563 g/mol. The number of sulfonamides is 1. The topological polar surface area (TPSA) is 88.2 Å². The van der Waals surface area contributed by atoms with Crippen LogP contribution in [0.25, 0.3) is 0 Å². The molecule has 1 heterocycles. The maximum absolute atomic E-state index is 12.7. The van der Waals surface area contributed by atoms with Gasteiger partial charge in [-0.1, -0.05) is 29.3 Å². The summed E-state index contributed by atoms with van der Waals surface area (Å²) in [6, 6.07) is 16.4. The number of nitrogens with zero attached hydrogens (tertiary/aromatic N) is 2. The van der Waals surface area contributed by atoms with Gasteiger partial charge in [-0.3, -0.25) is 9.52 Å². The van der Waals surface area contributed by atoms with E-state index in [0.29, 0.717) is 42.6 Å². The third-order valence-electron chi connectivity index (χ3n) is 6.05. The van der Waals surface area contributed by atoms with E-state index < -0.39 is 10.0 Å². The fourth-order valence-electron chi connectivity index (χ4n) is 3.99. The lowest BCUT2D eigenvalue weighted by molar-refractivity contribution is -0.133. The number of nitrogens with one attached hydrogen (secondary N) is 1. The zero-order valence-corrected chi connectivity index (χ0v) is 22.7. The van der Waals surface area contributed by atoms with Crippen molar-refractivity contribution in [1.29, 1.82) is 0 Å². The lowest BCUT2D eigenvalue weighted by Crippen LogP contribution is -2.50. The number of anilines is 2. The molecule has 0 atom stereocenters.